The first-order chi connectivity index (χ1) is 14.0. The van der Waals surface area contributed by atoms with E-state index >= 15 is 0 Å². The van der Waals surface area contributed by atoms with Crippen molar-refractivity contribution in [3.8, 4) is 17.6 Å². The Balaban J connectivity index is 1.64. The fourth-order valence-corrected chi connectivity index (χ4v) is 3.33. The number of anilines is 1. The zero-order valence-electron chi connectivity index (χ0n) is 15.5. The van der Waals surface area contributed by atoms with Gasteiger partial charge in [-0.25, -0.2) is 4.98 Å². The van der Waals surface area contributed by atoms with Crippen LogP contribution in [-0.2, 0) is 19.7 Å². The predicted octanol–water partition coefficient (Wildman–Crippen LogP) is 2.98. The highest BCUT2D eigenvalue weighted by Gasteiger charge is 2.29. The number of fused-ring (bicyclic) bond motifs is 1. The number of nitriles is 1. The van der Waals surface area contributed by atoms with Gasteiger partial charge < -0.3 is 20.5 Å². The van der Waals surface area contributed by atoms with Gasteiger partial charge in [0, 0.05) is 19.3 Å². The Morgan fingerprint density at radius 3 is 2.72 bits per heavy atom. The topological polar surface area (TPSA) is 112 Å². The van der Waals surface area contributed by atoms with Crippen molar-refractivity contribution in [2.45, 2.75) is 19.7 Å². The lowest BCUT2D eigenvalue weighted by Crippen LogP contribution is -2.26. The summed E-state index contributed by atoms with van der Waals surface area (Å²) in [4.78, 5) is 18.9. The van der Waals surface area contributed by atoms with E-state index in [9.17, 15) is 15.2 Å². The van der Waals surface area contributed by atoms with Crippen molar-refractivity contribution in [1.29, 1.82) is 5.26 Å². The molecule has 0 aliphatic carbocycles. The molecule has 144 valence electrons. The van der Waals surface area contributed by atoms with E-state index in [0.717, 1.165) is 16.7 Å². The van der Waals surface area contributed by atoms with Gasteiger partial charge in [0.2, 0.25) is 0 Å². The van der Waals surface area contributed by atoms with E-state index in [2.05, 4.69) is 4.98 Å². The molecule has 7 nitrogen and oxygen atoms in total. The van der Waals surface area contributed by atoms with Crippen molar-refractivity contribution in [2.75, 3.05) is 5.73 Å². The molecule has 2 heterocycles. The van der Waals surface area contributed by atoms with E-state index in [1.54, 1.807) is 17.2 Å². The maximum atomic E-state index is 13.2. The first-order valence-corrected chi connectivity index (χ1v) is 9.01. The molecule has 3 N–H and O–H groups in total. The van der Waals surface area contributed by atoms with Crippen LogP contribution in [0.1, 0.15) is 32.6 Å². The molecular weight excluding hydrogens is 368 g/mol. The summed E-state index contributed by atoms with van der Waals surface area (Å²) in [5.74, 6) is -0.106. The number of carbonyl (C=O) groups excluding carboxylic acids is 1. The number of rotatable bonds is 4. The fraction of sp³-hybridized carbons (Fsp3) is 0.136. The molecule has 0 unspecified atom stereocenters. The van der Waals surface area contributed by atoms with Crippen LogP contribution in [0.25, 0.3) is 0 Å². The number of aromatic nitrogens is 1. The Kier molecular flexibility index (Phi) is 4.75. The number of phenols is 1. The molecule has 1 aliphatic heterocycles. The Bertz CT molecular complexity index is 1120. The van der Waals surface area contributed by atoms with Gasteiger partial charge in [-0.05, 0) is 34.9 Å². The van der Waals surface area contributed by atoms with Crippen LogP contribution in [0.3, 0.4) is 0 Å². The second-order valence-electron chi connectivity index (χ2n) is 6.79. The van der Waals surface area contributed by atoms with Gasteiger partial charge in [0.25, 0.3) is 5.91 Å². The van der Waals surface area contributed by atoms with Crippen LogP contribution in [0.15, 0.2) is 54.7 Å². The van der Waals surface area contributed by atoms with Crippen molar-refractivity contribution < 1.29 is 14.6 Å². The lowest BCUT2D eigenvalue weighted by molar-refractivity contribution is 0.0743. The van der Waals surface area contributed by atoms with Gasteiger partial charge in [0.1, 0.15) is 29.5 Å². The number of nitrogens with zero attached hydrogens (tertiary/aromatic N) is 3. The van der Waals surface area contributed by atoms with Crippen LogP contribution < -0.4 is 10.5 Å². The summed E-state index contributed by atoms with van der Waals surface area (Å²) in [6.07, 6.45) is 1.66. The Hall–Kier alpha value is -4.05. The molecule has 0 fully saturated rings. The smallest absolute Gasteiger partial charge is 0.262 e. The third kappa shape index (κ3) is 3.69. The molecule has 3 aromatic rings. The van der Waals surface area contributed by atoms with Crippen LogP contribution in [0.4, 0.5) is 5.82 Å². The summed E-state index contributed by atoms with van der Waals surface area (Å²) in [6, 6.07) is 15.9. The van der Waals surface area contributed by atoms with Gasteiger partial charge >= 0.3 is 0 Å². The molecule has 0 saturated carbocycles. The van der Waals surface area contributed by atoms with Gasteiger partial charge in [-0.3, -0.25) is 4.79 Å². The lowest BCUT2D eigenvalue weighted by Gasteiger charge is -2.19. The molecule has 4 rings (SSSR count). The third-order valence-electron chi connectivity index (χ3n) is 4.78. The minimum Gasteiger partial charge on any atom is -0.507 e. The maximum absolute atomic E-state index is 13.2. The van der Waals surface area contributed by atoms with Gasteiger partial charge in [-0.2, -0.15) is 5.26 Å². The second-order valence-corrected chi connectivity index (χ2v) is 6.79. The fourth-order valence-electron chi connectivity index (χ4n) is 3.33. The molecule has 1 aromatic heterocycles. The van der Waals surface area contributed by atoms with Crippen LogP contribution in [0.5, 0.6) is 11.5 Å². The van der Waals surface area contributed by atoms with E-state index in [1.807, 2.05) is 36.4 Å². The second kappa shape index (κ2) is 7.52. The first kappa shape index (κ1) is 18.3. The zero-order valence-corrected chi connectivity index (χ0v) is 15.5. The van der Waals surface area contributed by atoms with Gasteiger partial charge in [-0.1, -0.05) is 30.3 Å². The van der Waals surface area contributed by atoms with Gasteiger partial charge in [-0.15, -0.1) is 0 Å². The molecule has 0 saturated heterocycles. The summed E-state index contributed by atoms with van der Waals surface area (Å²) in [6.45, 7) is 0.924. The number of aromatic hydroxyl groups is 1. The molecule has 2 aromatic carbocycles. The predicted molar refractivity (Wildman–Crippen MR) is 106 cm³/mol. The molecule has 0 radical (unpaired) electrons. The summed E-state index contributed by atoms with van der Waals surface area (Å²) in [5, 5.41) is 19.7. The number of nitrogens with two attached hydrogens (primary N) is 1. The van der Waals surface area contributed by atoms with E-state index in [4.69, 9.17) is 10.5 Å². The van der Waals surface area contributed by atoms with Gasteiger partial charge in [0.15, 0.2) is 0 Å². The number of ether oxygens (including phenoxy) is 1. The highest BCUT2D eigenvalue weighted by Crippen LogP contribution is 2.34. The standard InChI is InChI=1S/C22H18N4O3/c23-9-15-6-18(27)21(19(7-15)29-13-14-4-2-1-3-5-14)22(28)26-11-16-8-20(24)25-10-17(16)12-26/h1-8,10,27H,11-13H2,(H2,24,25). The summed E-state index contributed by atoms with van der Waals surface area (Å²) in [5.41, 5.74) is 8.72. The number of amides is 1. The van der Waals surface area contributed by atoms with Crippen molar-refractivity contribution in [2.24, 2.45) is 0 Å². The Morgan fingerprint density at radius 2 is 1.97 bits per heavy atom. The molecule has 7 heteroatoms. The average molecular weight is 386 g/mol. The van der Waals surface area contributed by atoms with Gasteiger partial charge in [0.05, 0.1) is 11.6 Å². The number of pyridine rings is 1. The number of benzene rings is 2. The number of carbonyl (C=O) groups is 1. The number of nitrogen functional groups attached to an aromatic ring is 1. The molecular formula is C22H18N4O3. The highest BCUT2D eigenvalue weighted by atomic mass is 16.5. The average Bonchev–Trinajstić information content (AvgIpc) is 3.15. The monoisotopic (exact) mass is 386 g/mol. The van der Waals surface area contributed by atoms with Crippen molar-refractivity contribution in [3.05, 3.63) is 82.5 Å². The summed E-state index contributed by atoms with van der Waals surface area (Å²) in [7, 11) is 0. The third-order valence-corrected chi connectivity index (χ3v) is 4.78. The summed E-state index contributed by atoms with van der Waals surface area (Å²) >= 11 is 0. The van der Waals surface area contributed by atoms with E-state index in [-0.39, 0.29) is 35.1 Å². The van der Waals surface area contributed by atoms with Crippen molar-refractivity contribution >= 4 is 11.7 Å². The molecule has 1 aliphatic rings. The minimum absolute atomic E-state index is 0.0358. The zero-order chi connectivity index (χ0) is 20.4. The van der Waals surface area contributed by atoms with Crippen LogP contribution in [-0.4, -0.2) is 20.9 Å². The molecule has 0 bridgehead atoms. The van der Waals surface area contributed by atoms with Crippen LogP contribution in [0.2, 0.25) is 0 Å². The molecule has 0 spiro atoms. The molecule has 0 atom stereocenters. The SMILES string of the molecule is N#Cc1cc(O)c(C(=O)N2Cc3cnc(N)cc3C2)c(OCc2ccccc2)c1. The van der Waals surface area contributed by atoms with E-state index < -0.39 is 0 Å². The summed E-state index contributed by atoms with van der Waals surface area (Å²) < 4.78 is 5.83. The minimum atomic E-state index is -0.384. The van der Waals surface area contributed by atoms with Crippen molar-refractivity contribution in [3.63, 3.8) is 0 Å². The van der Waals surface area contributed by atoms with Crippen LogP contribution in [0, 0.1) is 11.3 Å². The molecule has 1 amide bonds. The Labute approximate surface area is 167 Å². The number of phenolic OH excluding ortho intramolecular Hbond substituents is 1. The van der Waals surface area contributed by atoms with Crippen molar-refractivity contribution in [1.82, 2.24) is 9.88 Å². The Morgan fingerprint density at radius 1 is 1.21 bits per heavy atom. The van der Waals surface area contributed by atoms with E-state index in [1.165, 1.54) is 12.1 Å². The maximum Gasteiger partial charge on any atom is 0.262 e. The normalized spacial score (nSPS) is 12.3. The highest BCUT2D eigenvalue weighted by molar-refractivity contribution is 6.00. The van der Waals surface area contributed by atoms with Crippen LogP contribution >= 0.6 is 0 Å². The number of hydrogen-bond acceptors (Lipinski definition) is 6. The molecule has 29 heavy (non-hydrogen) atoms. The largest absolute Gasteiger partial charge is 0.507 e. The number of hydrogen-bond donors (Lipinski definition) is 2. The lowest BCUT2D eigenvalue weighted by atomic mass is 10.1. The quantitative estimate of drug-likeness (QED) is 0.713. The first-order valence-electron chi connectivity index (χ1n) is 9.01. The van der Waals surface area contributed by atoms with E-state index in [0.29, 0.717) is 18.9 Å².